The van der Waals surface area contributed by atoms with Gasteiger partial charge in [-0.2, -0.15) is 0 Å². The van der Waals surface area contributed by atoms with Gasteiger partial charge in [-0.3, -0.25) is 14.4 Å². The first kappa shape index (κ1) is 14.6. The van der Waals surface area contributed by atoms with E-state index in [0.29, 0.717) is 0 Å². The van der Waals surface area contributed by atoms with E-state index in [0.717, 1.165) is 0 Å². The number of ether oxygens (including phenoxy) is 1. The fourth-order valence-electron chi connectivity index (χ4n) is 0.757. The van der Waals surface area contributed by atoms with Crippen molar-refractivity contribution in [3.8, 4) is 0 Å². The van der Waals surface area contributed by atoms with Crippen molar-refractivity contribution >= 4 is 23.9 Å². The van der Waals surface area contributed by atoms with E-state index < -0.39 is 35.9 Å². The zero-order chi connectivity index (χ0) is 13.8. The Labute approximate surface area is 95.1 Å². The van der Waals surface area contributed by atoms with Gasteiger partial charge in [-0.15, -0.1) is 0 Å². The van der Waals surface area contributed by atoms with Crippen LogP contribution in [0.4, 0.5) is 0 Å². The number of aliphatic carboxylic acids is 3. The molecule has 94 valence electrons. The minimum absolute atomic E-state index is 0.111. The topological polar surface area (TPSA) is 138 Å². The van der Waals surface area contributed by atoms with Crippen LogP contribution in [0, 0.1) is 5.41 Å². The average molecular weight is 246 g/mol. The first-order valence-electron chi connectivity index (χ1n) is 4.19. The van der Waals surface area contributed by atoms with Gasteiger partial charge in [0, 0.05) is 5.57 Å². The average Bonchev–Trinajstić information content (AvgIpc) is 2.16. The summed E-state index contributed by atoms with van der Waals surface area (Å²) in [7, 11) is 0. The maximum absolute atomic E-state index is 11.0. The highest BCUT2D eigenvalue weighted by Gasteiger charge is 2.56. The third kappa shape index (κ3) is 2.80. The molecule has 0 amide bonds. The second kappa shape index (κ2) is 5.10. The molecule has 0 aliphatic carbocycles. The lowest BCUT2D eigenvalue weighted by Gasteiger charge is -2.19. The molecular formula is C9H10O8. The van der Waals surface area contributed by atoms with Crippen LogP contribution in [-0.2, 0) is 23.9 Å². The highest BCUT2D eigenvalue weighted by atomic mass is 16.5. The van der Waals surface area contributed by atoms with Gasteiger partial charge in [-0.05, 0) is 6.92 Å². The standard InChI is InChI=1S/C9H10O8/c1-4(2)5(10)17-3-9(6(11)12,7(13)14)8(15)16/h1,3H2,2H3,(H,11,12)(H,13,14)(H,15,16). The van der Waals surface area contributed by atoms with E-state index in [1.807, 2.05) is 0 Å². The van der Waals surface area contributed by atoms with Crippen LogP contribution in [0.3, 0.4) is 0 Å². The lowest BCUT2D eigenvalue weighted by Crippen LogP contribution is -2.50. The third-order valence-corrected chi connectivity index (χ3v) is 1.86. The van der Waals surface area contributed by atoms with Crippen LogP contribution in [0.2, 0.25) is 0 Å². The molecule has 8 heteroatoms. The van der Waals surface area contributed by atoms with Crippen LogP contribution in [0.25, 0.3) is 0 Å². The molecule has 0 saturated carbocycles. The SMILES string of the molecule is C=C(C)C(=O)OCC(C(=O)O)(C(=O)O)C(=O)O. The highest BCUT2D eigenvalue weighted by Crippen LogP contribution is 2.20. The van der Waals surface area contributed by atoms with Crippen LogP contribution in [-0.4, -0.2) is 45.8 Å². The maximum Gasteiger partial charge on any atom is 0.336 e. The monoisotopic (exact) mass is 246 g/mol. The molecule has 0 aromatic heterocycles. The second-order valence-corrected chi connectivity index (χ2v) is 3.18. The molecule has 0 aromatic carbocycles. The van der Waals surface area contributed by atoms with E-state index in [4.69, 9.17) is 15.3 Å². The fourth-order valence-corrected chi connectivity index (χ4v) is 0.757. The molecule has 0 heterocycles. The Balaban J connectivity index is 5.15. The van der Waals surface area contributed by atoms with E-state index in [1.54, 1.807) is 0 Å². The van der Waals surface area contributed by atoms with Gasteiger partial charge < -0.3 is 20.1 Å². The zero-order valence-electron chi connectivity index (χ0n) is 8.80. The smallest absolute Gasteiger partial charge is 0.336 e. The number of carbonyl (C=O) groups excluding carboxylic acids is 1. The van der Waals surface area contributed by atoms with Crippen LogP contribution in [0.15, 0.2) is 12.2 Å². The van der Waals surface area contributed by atoms with Crippen molar-refractivity contribution < 1.29 is 39.2 Å². The summed E-state index contributed by atoms with van der Waals surface area (Å²) in [6.45, 7) is 3.10. The summed E-state index contributed by atoms with van der Waals surface area (Å²) in [5.41, 5.74) is -3.33. The summed E-state index contributed by atoms with van der Waals surface area (Å²) >= 11 is 0. The van der Waals surface area contributed by atoms with Crippen molar-refractivity contribution in [1.82, 2.24) is 0 Å². The Morgan fingerprint density at radius 3 is 1.65 bits per heavy atom. The Kier molecular flexibility index (Phi) is 4.39. The number of hydrogen-bond acceptors (Lipinski definition) is 5. The van der Waals surface area contributed by atoms with Gasteiger partial charge in [0.25, 0.3) is 5.41 Å². The van der Waals surface area contributed by atoms with Crippen molar-refractivity contribution in [3.63, 3.8) is 0 Å². The largest absolute Gasteiger partial charge is 0.480 e. The molecule has 0 spiro atoms. The summed E-state index contributed by atoms with van der Waals surface area (Å²) in [5.74, 6) is -7.47. The van der Waals surface area contributed by atoms with Crippen molar-refractivity contribution in [3.05, 3.63) is 12.2 Å². The van der Waals surface area contributed by atoms with Gasteiger partial charge in [0.05, 0.1) is 0 Å². The molecule has 3 N–H and O–H groups in total. The molecule has 0 unspecified atom stereocenters. The lowest BCUT2D eigenvalue weighted by molar-refractivity contribution is -0.180. The van der Waals surface area contributed by atoms with Gasteiger partial charge in [0.15, 0.2) is 0 Å². The van der Waals surface area contributed by atoms with E-state index in [9.17, 15) is 19.2 Å². The van der Waals surface area contributed by atoms with Gasteiger partial charge in [0.2, 0.25) is 0 Å². The van der Waals surface area contributed by atoms with Crippen LogP contribution in [0.5, 0.6) is 0 Å². The molecule has 17 heavy (non-hydrogen) atoms. The van der Waals surface area contributed by atoms with Gasteiger partial charge in [-0.25, -0.2) is 4.79 Å². The first-order chi connectivity index (χ1) is 7.66. The predicted molar refractivity (Wildman–Crippen MR) is 51.1 cm³/mol. The van der Waals surface area contributed by atoms with E-state index in [2.05, 4.69) is 11.3 Å². The van der Waals surface area contributed by atoms with Crippen LogP contribution in [0.1, 0.15) is 6.92 Å². The molecule has 0 fully saturated rings. The van der Waals surface area contributed by atoms with Gasteiger partial charge in [0.1, 0.15) is 6.61 Å². The van der Waals surface area contributed by atoms with E-state index in [1.165, 1.54) is 6.92 Å². The molecule has 0 radical (unpaired) electrons. The molecule has 8 nitrogen and oxygen atoms in total. The molecule has 0 aliphatic rings. The van der Waals surface area contributed by atoms with Crippen molar-refractivity contribution in [2.45, 2.75) is 6.92 Å². The molecule has 0 atom stereocenters. The van der Waals surface area contributed by atoms with Crippen molar-refractivity contribution in [1.29, 1.82) is 0 Å². The van der Waals surface area contributed by atoms with Crippen LogP contribution >= 0.6 is 0 Å². The minimum atomic E-state index is -3.22. The summed E-state index contributed by atoms with van der Waals surface area (Å²) in [6, 6.07) is 0. The summed E-state index contributed by atoms with van der Waals surface area (Å²) in [5, 5.41) is 25.9. The molecule has 0 aromatic rings. The number of carboxylic acid groups (broad SMARTS) is 3. The third-order valence-electron chi connectivity index (χ3n) is 1.86. The maximum atomic E-state index is 11.0. The first-order valence-corrected chi connectivity index (χ1v) is 4.19. The molecule has 0 bridgehead atoms. The summed E-state index contributed by atoms with van der Waals surface area (Å²) in [4.78, 5) is 43.1. The Bertz CT molecular complexity index is 358. The van der Waals surface area contributed by atoms with Crippen molar-refractivity contribution in [2.75, 3.05) is 6.61 Å². The summed E-state index contributed by atoms with van der Waals surface area (Å²) in [6.07, 6.45) is 0. The molecule has 0 aliphatic heterocycles. The normalized spacial score (nSPS) is 10.4. The highest BCUT2D eigenvalue weighted by molar-refractivity contribution is 6.16. The lowest BCUT2D eigenvalue weighted by atomic mass is 9.89. The number of hydrogen-bond donors (Lipinski definition) is 3. The number of carboxylic acids is 3. The number of rotatable bonds is 6. The fraction of sp³-hybridized carbons (Fsp3) is 0.333. The molecular weight excluding hydrogens is 236 g/mol. The van der Waals surface area contributed by atoms with Crippen LogP contribution < -0.4 is 0 Å². The Morgan fingerprint density at radius 2 is 1.41 bits per heavy atom. The quantitative estimate of drug-likeness (QED) is 0.319. The Morgan fingerprint density at radius 1 is 1.06 bits per heavy atom. The minimum Gasteiger partial charge on any atom is -0.480 e. The van der Waals surface area contributed by atoms with Gasteiger partial charge in [-0.1, -0.05) is 6.58 Å². The number of carbonyl (C=O) groups is 4. The van der Waals surface area contributed by atoms with Crippen molar-refractivity contribution in [2.24, 2.45) is 5.41 Å². The predicted octanol–water partition coefficient (Wildman–Crippen LogP) is -0.654. The summed E-state index contributed by atoms with van der Waals surface area (Å²) < 4.78 is 4.27. The van der Waals surface area contributed by atoms with E-state index in [-0.39, 0.29) is 5.57 Å². The second-order valence-electron chi connectivity index (χ2n) is 3.18. The Hall–Kier alpha value is -2.38. The van der Waals surface area contributed by atoms with E-state index >= 15 is 0 Å². The number of esters is 1. The van der Waals surface area contributed by atoms with Gasteiger partial charge >= 0.3 is 23.9 Å². The zero-order valence-corrected chi connectivity index (χ0v) is 8.80. The molecule has 0 saturated heterocycles. The molecule has 0 rings (SSSR count).